The number of nitrogens with zero attached hydrogens (tertiary/aromatic N) is 3. The van der Waals surface area contributed by atoms with E-state index in [1.807, 2.05) is 43.5 Å². The van der Waals surface area contributed by atoms with Crippen LogP contribution in [0.3, 0.4) is 0 Å². The highest BCUT2D eigenvalue weighted by Gasteiger charge is 2.25. The maximum Gasteiger partial charge on any atom is 0.217 e. The molecule has 7 heteroatoms. The number of thiazole rings is 1. The molecule has 1 aliphatic rings. The summed E-state index contributed by atoms with van der Waals surface area (Å²) in [4.78, 5) is 26.1. The van der Waals surface area contributed by atoms with Crippen LogP contribution < -0.4 is 10.6 Å². The van der Waals surface area contributed by atoms with Crippen LogP contribution in [0.1, 0.15) is 49.1 Å². The summed E-state index contributed by atoms with van der Waals surface area (Å²) >= 11 is 1.72. The summed E-state index contributed by atoms with van der Waals surface area (Å²) in [6, 6.07) is 10.2. The predicted octanol–water partition coefficient (Wildman–Crippen LogP) is 4.81. The van der Waals surface area contributed by atoms with Gasteiger partial charge in [-0.25, -0.2) is 15.0 Å². The van der Waals surface area contributed by atoms with Crippen molar-refractivity contribution in [1.82, 2.24) is 20.3 Å². The molecule has 0 saturated heterocycles. The summed E-state index contributed by atoms with van der Waals surface area (Å²) in [5.74, 6) is 2.09. The van der Waals surface area contributed by atoms with Gasteiger partial charge < -0.3 is 10.6 Å². The fourth-order valence-electron chi connectivity index (χ4n) is 3.74. The first kappa shape index (κ1) is 19.5. The normalized spacial score (nSPS) is 19.0. The third-order valence-corrected chi connectivity index (χ3v) is 6.36. The molecule has 29 heavy (non-hydrogen) atoms. The summed E-state index contributed by atoms with van der Waals surface area (Å²) in [7, 11) is 0. The number of rotatable bonds is 5. The molecule has 0 spiro atoms. The smallest absolute Gasteiger partial charge is 0.217 e. The molecule has 3 heterocycles. The van der Waals surface area contributed by atoms with Crippen LogP contribution in [0.2, 0.25) is 0 Å². The minimum atomic E-state index is 0.0606. The van der Waals surface area contributed by atoms with Crippen molar-refractivity contribution in [1.29, 1.82) is 0 Å². The summed E-state index contributed by atoms with van der Waals surface area (Å²) in [5.41, 5.74) is 2.07. The zero-order chi connectivity index (χ0) is 20.2. The van der Waals surface area contributed by atoms with E-state index < -0.39 is 0 Å². The number of hydrogen-bond acceptors (Lipinski definition) is 6. The SMILES string of the molecule is CC(=O)NC1CCC(c2ncc(-c3cccc(Nc4cc(C)ccn4)n3)s2)CC1. The van der Waals surface area contributed by atoms with Gasteiger partial charge in [0, 0.05) is 31.3 Å². The topological polar surface area (TPSA) is 79.8 Å². The third-order valence-electron chi connectivity index (χ3n) is 5.18. The van der Waals surface area contributed by atoms with E-state index >= 15 is 0 Å². The van der Waals surface area contributed by atoms with Crippen LogP contribution in [-0.4, -0.2) is 26.9 Å². The highest BCUT2D eigenvalue weighted by molar-refractivity contribution is 7.15. The summed E-state index contributed by atoms with van der Waals surface area (Å²) in [6.07, 6.45) is 7.87. The van der Waals surface area contributed by atoms with E-state index in [-0.39, 0.29) is 5.91 Å². The van der Waals surface area contributed by atoms with E-state index in [1.165, 1.54) is 5.01 Å². The van der Waals surface area contributed by atoms with Gasteiger partial charge >= 0.3 is 0 Å². The van der Waals surface area contributed by atoms with Crippen LogP contribution in [0.4, 0.5) is 11.6 Å². The number of amides is 1. The molecule has 0 radical (unpaired) electrons. The molecule has 2 N–H and O–H groups in total. The van der Waals surface area contributed by atoms with Crippen molar-refractivity contribution in [3.8, 4) is 10.6 Å². The molecule has 0 atom stereocenters. The first-order valence-electron chi connectivity index (χ1n) is 9.97. The second-order valence-corrected chi connectivity index (χ2v) is 8.63. The molecule has 1 aliphatic carbocycles. The van der Waals surface area contributed by atoms with Crippen LogP contribution in [0.15, 0.2) is 42.7 Å². The van der Waals surface area contributed by atoms with Crippen molar-refractivity contribution in [3.05, 3.63) is 53.3 Å². The number of carbonyl (C=O) groups excluding carboxylic acids is 1. The maximum absolute atomic E-state index is 11.2. The predicted molar refractivity (Wildman–Crippen MR) is 116 cm³/mol. The van der Waals surface area contributed by atoms with Crippen LogP contribution >= 0.6 is 11.3 Å². The van der Waals surface area contributed by atoms with Crippen molar-refractivity contribution in [3.63, 3.8) is 0 Å². The maximum atomic E-state index is 11.2. The molecule has 6 nitrogen and oxygen atoms in total. The van der Waals surface area contributed by atoms with Crippen LogP contribution in [0.25, 0.3) is 10.6 Å². The molecule has 1 amide bonds. The Balaban J connectivity index is 1.44. The van der Waals surface area contributed by atoms with Gasteiger partial charge in [-0.3, -0.25) is 4.79 Å². The molecule has 4 rings (SSSR count). The van der Waals surface area contributed by atoms with Crippen molar-refractivity contribution in [2.24, 2.45) is 0 Å². The number of hydrogen-bond donors (Lipinski definition) is 2. The summed E-state index contributed by atoms with van der Waals surface area (Å²) in [6.45, 7) is 3.63. The highest BCUT2D eigenvalue weighted by Crippen LogP contribution is 2.37. The Kier molecular flexibility index (Phi) is 5.85. The standard InChI is InChI=1S/C22H25N5OS/c1-14-10-11-23-21(12-14)27-20-5-3-4-18(26-20)19-13-24-22(29-19)16-6-8-17(9-7-16)25-15(2)28/h3-5,10-13,16-17H,6-9H2,1-2H3,(H,25,28)(H,23,26,27). The first-order valence-corrected chi connectivity index (χ1v) is 10.8. The Hall–Kier alpha value is -2.80. The largest absolute Gasteiger partial charge is 0.354 e. The van der Waals surface area contributed by atoms with Crippen LogP contribution in [0.5, 0.6) is 0 Å². The molecule has 1 saturated carbocycles. The van der Waals surface area contributed by atoms with Crippen LogP contribution in [-0.2, 0) is 4.79 Å². The van der Waals surface area contributed by atoms with E-state index in [9.17, 15) is 4.79 Å². The lowest BCUT2D eigenvalue weighted by Crippen LogP contribution is -2.35. The van der Waals surface area contributed by atoms with Gasteiger partial charge in [-0.1, -0.05) is 6.07 Å². The van der Waals surface area contributed by atoms with E-state index in [0.717, 1.165) is 53.5 Å². The Labute approximate surface area is 174 Å². The molecule has 150 valence electrons. The number of nitrogens with one attached hydrogen (secondary N) is 2. The number of pyridine rings is 2. The van der Waals surface area contributed by atoms with Crippen LogP contribution in [0, 0.1) is 6.92 Å². The van der Waals surface area contributed by atoms with E-state index in [0.29, 0.717) is 12.0 Å². The molecule has 0 unspecified atom stereocenters. The van der Waals surface area contributed by atoms with E-state index in [1.54, 1.807) is 24.5 Å². The highest BCUT2D eigenvalue weighted by atomic mass is 32.1. The van der Waals surface area contributed by atoms with Gasteiger partial charge in [-0.15, -0.1) is 11.3 Å². The Morgan fingerprint density at radius 1 is 1.10 bits per heavy atom. The monoisotopic (exact) mass is 407 g/mol. The van der Waals surface area contributed by atoms with Crippen molar-refractivity contribution >= 4 is 28.9 Å². The second kappa shape index (κ2) is 8.69. The van der Waals surface area contributed by atoms with Crippen molar-refractivity contribution in [2.75, 3.05) is 5.32 Å². The second-order valence-electron chi connectivity index (χ2n) is 7.56. The first-order chi connectivity index (χ1) is 14.1. The van der Waals surface area contributed by atoms with Gasteiger partial charge in [0.1, 0.15) is 11.6 Å². The molecule has 0 aromatic carbocycles. The molecular weight excluding hydrogens is 382 g/mol. The van der Waals surface area contributed by atoms with Gasteiger partial charge in [-0.2, -0.15) is 0 Å². The number of anilines is 2. The Morgan fingerprint density at radius 3 is 2.69 bits per heavy atom. The zero-order valence-electron chi connectivity index (χ0n) is 16.7. The Bertz CT molecular complexity index is 994. The minimum absolute atomic E-state index is 0.0606. The lowest BCUT2D eigenvalue weighted by atomic mass is 9.86. The fraction of sp³-hybridized carbons (Fsp3) is 0.364. The average Bonchev–Trinajstić information content (AvgIpc) is 3.19. The quantitative estimate of drug-likeness (QED) is 0.634. The lowest BCUT2D eigenvalue weighted by Gasteiger charge is -2.27. The van der Waals surface area contributed by atoms with Gasteiger partial charge in [-0.05, 0) is 62.4 Å². The van der Waals surface area contributed by atoms with Gasteiger partial charge in [0.15, 0.2) is 0 Å². The van der Waals surface area contributed by atoms with E-state index in [4.69, 9.17) is 4.98 Å². The van der Waals surface area contributed by atoms with Gasteiger partial charge in [0.25, 0.3) is 0 Å². The zero-order valence-corrected chi connectivity index (χ0v) is 17.5. The molecule has 1 fully saturated rings. The molecule has 0 bridgehead atoms. The molecule has 0 aliphatic heterocycles. The summed E-state index contributed by atoms with van der Waals surface area (Å²) < 4.78 is 0. The minimum Gasteiger partial charge on any atom is -0.354 e. The van der Waals surface area contributed by atoms with Gasteiger partial charge in [0.05, 0.1) is 15.6 Å². The van der Waals surface area contributed by atoms with Gasteiger partial charge in [0.2, 0.25) is 5.91 Å². The van der Waals surface area contributed by atoms with E-state index in [2.05, 4.69) is 20.6 Å². The fourth-order valence-corrected chi connectivity index (χ4v) is 4.80. The third kappa shape index (κ3) is 4.98. The van der Waals surface area contributed by atoms with Crippen molar-refractivity contribution in [2.45, 2.75) is 51.5 Å². The number of aryl methyl sites for hydroxylation is 1. The summed E-state index contributed by atoms with van der Waals surface area (Å²) in [5, 5.41) is 7.48. The Morgan fingerprint density at radius 2 is 1.93 bits per heavy atom. The number of aromatic nitrogens is 3. The van der Waals surface area contributed by atoms with Crippen molar-refractivity contribution < 1.29 is 4.79 Å². The average molecular weight is 408 g/mol. The lowest BCUT2D eigenvalue weighted by molar-refractivity contribution is -0.119. The number of carbonyl (C=O) groups is 1. The molecular formula is C22H25N5OS. The molecule has 3 aromatic heterocycles. The molecule has 3 aromatic rings.